The lowest BCUT2D eigenvalue weighted by Crippen LogP contribution is -2.11. The number of aromatic nitrogens is 1. The van der Waals surface area contributed by atoms with Crippen LogP contribution in [0.4, 0.5) is 4.39 Å². The zero-order valence-electron chi connectivity index (χ0n) is 13.5. The largest absolute Gasteiger partial charge is 0.335 e. The van der Waals surface area contributed by atoms with Gasteiger partial charge in [-0.1, -0.05) is 60.7 Å². The van der Waals surface area contributed by atoms with Gasteiger partial charge in [0.2, 0.25) is 0 Å². The van der Waals surface area contributed by atoms with Crippen LogP contribution >= 0.6 is 0 Å². The quantitative estimate of drug-likeness (QED) is 0.470. The molecule has 4 rings (SSSR count). The summed E-state index contributed by atoms with van der Waals surface area (Å²) >= 11 is 0. The molecule has 0 radical (unpaired) electrons. The Kier molecular flexibility index (Phi) is 3.90. The first-order chi connectivity index (χ1) is 12.3. The van der Waals surface area contributed by atoms with Crippen molar-refractivity contribution < 1.29 is 9.18 Å². The number of hydrogen-bond acceptors (Lipinski definition) is 1. The summed E-state index contributed by atoms with van der Waals surface area (Å²) in [5, 5.41) is 0.631. The second-order valence-corrected chi connectivity index (χ2v) is 5.99. The Morgan fingerprint density at radius 3 is 2.00 bits per heavy atom. The van der Waals surface area contributed by atoms with Crippen LogP contribution in [0.3, 0.4) is 0 Å². The van der Waals surface area contributed by atoms with Crippen LogP contribution in [-0.2, 0) is 0 Å². The van der Waals surface area contributed by atoms with Gasteiger partial charge in [0, 0.05) is 22.7 Å². The lowest BCUT2D eigenvalue weighted by atomic mass is 9.98. The van der Waals surface area contributed by atoms with Gasteiger partial charge in [-0.05, 0) is 29.3 Å². The molecule has 3 heteroatoms. The van der Waals surface area contributed by atoms with Crippen molar-refractivity contribution in [1.29, 1.82) is 0 Å². The van der Waals surface area contributed by atoms with Crippen molar-refractivity contribution >= 4 is 17.2 Å². The fourth-order valence-corrected chi connectivity index (χ4v) is 3.35. The molecule has 1 heterocycles. The third-order valence-corrected chi connectivity index (χ3v) is 4.46. The Bertz CT molecular complexity index is 983. The minimum atomic E-state index is -0.343. The summed E-state index contributed by atoms with van der Waals surface area (Å²) in [6, 6.07) is 24.7. The van der Waals surface area contributed by atoms with Gasteiger partial charge < -0.3 is 4.57 Å². The summed E-state index contributed by atoms with van der Waals surface area (Å²) in [6.45, 7) is 0. The molecule has 0 aliphatic rings. The predicted octanol–water partition coefficient (Wildman–Crippen LogP) is 5.23. The van der Waals surface area contributed by atoms with Crippen molar-refractivity contribution in [1.82, 2.24) is 4.57 Å². The highest BCUT2D eigenvalue weighted by atomic mass is 19.1. The fraction of sp³-hybridized carbons (Fsp3) is 0.0455. The van der Waals surface area contributed by atoms with Gasteiger partial charge in [0.05, 0.1) is 6.04 Å². The van der Waals surface area contributed by atoms with Crippen molar-refractivity contribution in [2.24, 2.45) is 0 Å². The molecule has 25 heavy (non-hydrogen) atoms. The van der Waals surface area contributed by atoms with E-state index in [4.69, 9.17) is 0 Å². The van der Waals surface area contributed by atoms with Gasteiger partial charge in [-0.3, -0.25) is 4.79 Å². The topological polar surface area (TPSA) is 22.0 Å². The average molecular weight is 329 g/mol. The summed E-state index contributed by atoms with van der Waals surface area (Å²) in [7, 11) is 0. The lowest BCUT2D eigenvalue weighted by Gasteiger charge is -2.21. The van der Waals surface area contributed by atoms with E-state index < -0.39 is 0 Å². The summed E-state index contributed by atoms with van der Waals surface area (Å²) in [4.78, 5) is 11.5. The fourth-order valence-electron chi connectivity index (χ4n) is 3.35. The van der Waals surface area contributed by atoms with E-state index in [1.54, 1.807) is 6.07 Å². The Labute approximate surface area is 145 Å². The Morgan fingerprint density at radius 2 is 1.44 bits per heavy atom. The highest BCUT2D eigenvalue weighted by molar-refractivity contribution is 5.97. The van der Waals surface area contributed by atoms with Crippen LogP contribution in [0.25, 0.3) is 10.9 Å². The molecule has 122 valence electrons. The number of nitrogens with zero attached hydrogens (tertiary/aromatic N) is 1. The van der Waals surface area contributed by atoms with Crippen LogP contribution < -0.4 is 0 Å². The minimum absolute atomic E-state index is 0.0935. The van der Waals surface area contributed by atoms with E-state index in [2.05, 4.69) is 24.3 Å². The van der Waals surface area contributed by atoms with Gasteiger partial charge >= 0.3 is 0 Å². The summed E-state index contributed by atoms with van der Waals surface area (Å²) < 4.78 is 15.7. The van der Waals surface area contributed by atoms with Crippen LogP contribution in [0.1, 0.15) is 27.5 Å². The zero-order chi connectivity index (χ0) is 17.2. The van der Waals surface area contributed by atoms with Gasteiger partial charge in [-0.2, -0.15) is 0 Å². The van der Waals surface area contributed by atoms with E-state index >= 15 is 0 Å². The third kappa shape index (κ3) is 2.74. The first kappa shape index (κ1) is 15.3. The van der Waals surface area contributed by atoms with E-state index in [-0.39, 0.29) is 11.9 Å². The van der Waals surface area contributed by atoms with Crippen molar-refractivity contribution in [3.63, 3.8) is 0 Å². The van der Waals surface area contributed by atoms with E-state index in [1.165, 1.54) is 12.1 Å². The highest BCUT2D eigenvalue weighted by Crippen LogP contribution is 2.32. The molecule has 0 fully saturated rings. The highest BCUT2D eigenvalue weighted by Gasteiger charge is 2.20. The molecule has 0 aliphatic heterocycles. The summed E-state index contributed by atoms with van der Waals surface area (Å²) in [5.74, 6) is -0.343. The molecule has 0 spiro atoms. The first-order valence-electron chi connectivity index (χ1n) is 8.13. The van der Waals surface area contributed by atoms with Crippen molar-refractivity contribution in [3.05, 3.63) is 108 Å². The molecule has 0 saturated carbocycles. The Balaban J connectivity index is 2.01. The van der Waals surface area contributed by atoms with Crippen LogP contribution in [0.15, 0.2) is 85.1 Å². The molecule has 0 bridgehead atoms. The Hall–Kier alpha value is -3.20. The zero-order valence-corrected chi connectivity index (χ0v) is 13.5. The molecule has 0 atom stereocenters. The van der Waals surface area contributed by atoms with E-state index in [9.17, 15) is 9.18 Å². The SMILES string of the molecule is O=Cc1cn(C(c2ccccc2)c2ccccc2)c2ccc(F)cc12. The molecule has 0 amide bonds. The van der Waals surface area contributed by atoms with Gasteiger partial charge in [0.25, 0.3) is 0 Å². The number of aldehydes is 1. The molecule has 0 unspecified atom stereocenters. The molecular weight excluding hydrogens is 313 g/mol. The van der Waals surface area contributed by atoms with Crippen LogP contribution in [-0.4, -0.2) is 10.9 Å². The number of carbonyl (C=O) groups is 1. The maximum absolute atomic E-state index is 13.7. The maximum atomic E-state index is 13.7. The van der Waals surface area contributed by atoms with E-state index in [1.807, 2.05) is 47.2 Å². The van der Waals surface area contributed by atoms with E-state index in [0.29, 0.717) is 10.9 Å². The monoisotopic (exact) mass is 329 g/mol. The van der Waals surface area contributed by atoms with Crippen LogP contribution in [0.2, 0.25) is 0 Å². The number of carbonyl (C=O) groups excluding carboxylic acids is 1. The van der Waals surface area contributed by atoms with E-state index in [0.717, 1.165) is 22.9 Å². The first-order valence-corrected chi connectivity index (χ1v) is 8.13. The smallest absolute Gasteiger partial charge is 0.152 e. The number of rotatable bonds is 4. The van der Waals surface area contributed by atoms with Crippen molar-refractivity contribution in [2.75, 3.05) is 0 Å². The molecule has 0 saturated heterocycles. The Morgan fingerprint density at radius 1 is 0.840 bits per heavy atom. The number of benzene rings is 3. The minimum Gasteiger partial charge on any atom is -0.335 e. The van der Waals surface area contributed by atoms with Gasteiger partial charge in [-0.15, -0.1) is 0 Å². The molecule has 0 N–H and O–H groups in total. The normalized spacial score (nSPS) is 11.1. The number of fused-ring (bicyclic) bond motifs is 1. The molecule has 1 aromatic heterocycles. The molecular formula is C22H16FNO. The van der Waals surface area contributed by atoms with Gasteiger partial charge in [0.1, 0.15) is 5.82 Å². The predicted molar refractivity (Wildman–Crippen MR) is 97.4 cm³/mol. The molecule has 2 nitrogen and oxygen atoms in total. The molecule has 4 aromatic rings. The van der Waals surface area contributed by atoms with Crippen LogP contribution in [0, 0.1) is 5.82 Å². The second-order valence-electron chi connectivity index (χ2n) is 5.99. The number of halogens is 1. The van der Waals surface area contributed by atoms with Gasteiger partial charge in [-0.25, -0.2) is 4.39 Å². The van der Waals surface area contributed by atoms with Crippen LogP contribution in [0.5, 0.6) is 0 Å². The van der Waals surface area contributed by atoms with Crippen molar-refractivity contribution in [2.45, 2.75) is 6.04 Å². The third-order valence-electron chi connectivity index (χ3n) is 4.46. The lowest BCUT2D eigenvalue weighted by molar-refractivity contribution is 0.112. The van der Waals surface area contributed by atoms with Crippen molar-refractivity contribution in [3.8, 4) is 0 Å². The summed E-state index contributed by atoms with van der Waals surface area (Å²) in [5.41, 5.74) is 3.53. The number of hydrogen-bond donors (Lipinski definition) is 0. The standard InChI is InChI=1S/C22H16FNO/c23-19-11-12-21-20(13-19)18(15-25)14-24(21)22(16-7-3-1-4-8-16)17-9-5-2-6-10-17/h1-15,22H. The molecule has 3 aromatic carbocycles. The molecule has 0 aliphatic carbocycles. The second kappa shape index (κ2) is 6.36. The van der Waals surface area contributed by atoms with Gasteiger partial charge in [0.15, 0.2) is 6.29 Å². The average Bonchev–Trinajstić information content (AvgIpc) is 3.01. The summed E-state index contributed by atoms with van der Waals surface area (Å²) in [6.07, 6.45) is 2.59. The maximum Gasteiger partial charge on any atom is 0.152 e.